The second-order valence-electron chi connectivity index (χ2n) is 9.42. The van der Waals surface area contributed by atoms with Crippen LogP contribution in [-0.2, 0) is 17.9 Å². The van der Waals surface area contributed by atoms with Gasteiger partial charge in [-0.25, -0.2) is 0 Å². The van der Waals surface area contributed by atoms with Crippen molar-refractivity contribution >= 4 is 58.3 Å². The lowest BCUT2D eigenvalue weighted by atomic mass is 10.1. The molecule has 0 atom stereocenters. The number of carbonyl (C=O) groups is 1. The third-order valence-electron chi connectivity index (χ3n) is 6.52. The van der Waals surface area contributed by atoms with Crippen LogP contribution >= 0.6 is 35.0 Å². The monoisotopic (exact) mass is 667 g/mol. The Morgan fingerprint density at radius 2 is 1.67 bits per heavy atom. The maximum atomic E-state index is 13.5. The molecule has 1 N–H and O–H groups in total. The third-order valence-corrected chi connectivity index (χ3v) is 8.10. The summed E-state index contributed by atoms with van der Waals surface area (Å²) in [6.45, 7) is 0.377. The van der Waals surface area contributed by atoms with Crippen molar-refractivity contribution in [1.29, 1.82) is 0 Å². The van der Waals surface area contributed by atoms with E-state index in [0.29, 0.717) is 48.5 Å². The van der Waals surface area contributed by atoms with Gasteiger partial charge in [0.05, 0.1) is 45.3 Å². The molecule has 4 aromatic rings. The minimum Gasteiger partial charge on any atom is -0.502 e. The molecular weight excluding hydrogens is 641 g/mol. The summed E-state index contributed by atoms with van der Waals surface area (Å²) in [5.41, 5.74) is 2.06. The van der Waals surface area contributed by atoms with Crippen LogP contribution in [0, 0.1) is 0 Å². The van der Waals surface area contributed by atoms with Gasteiger partial charge in [0.25, 0.3) is 5.91 Å². The summed E-state index contributed by atoms with van der Waals surface area (Å²) < 4.78 is 27.4. The Bertz CT molecular complexity index is 1770. The number of amidine groups is 1. The van der Waals surface area contributed by atoms with Crippen LogP contribution in [0.4, 0.5) is 0 Å². The molecule has 1 aliphatic heterocycles. The van der Waals surface area contributed by atoms with Gasteiger partial charge in [-0.15, -0.1) is 5.10 Å². The number of carbonyl (C=O) groups excluding carboxylic acids is 1. The van der Waals surface area contributed by atoms with E-state index in [1.807, 2.05) is 6.07 Å². The minimum atomic E-state index is -0.269. The summed E-state index contributed by atoms with van der Waals surface area (Å²) in [7, 11) is 4.41. The normalized spacial score (nSPS) is 15.0. The molecule has 1 saturated heterocycles. The maximum absolute atomic E-state index is 13.5. The van der Waals surface area contributed by atoms with Gasteiger partial charge in [0.2, 0.25) is 5.75 Å². The Labute approximate surface area is 273 Å². The van der Waals surface area contributed by atoms with Crippen LogP contribution < -0.4 is 18.9 Å². The zero-order valence-electron chi connectivity index (χ0n) is 24.3. The first-order chi connectivity index (χ1) is 21.8. The van der Waals surface area contributed by atoms with E-state index in [2.05, 4.69) is 10.2 Å². The predicted octanol–water partition coefficient (Wildman–Crippen LogP) is 7.40. The molecule has 3 aromatic carbocycles. The summed E-state index contributed by atoms with van der Waals surface area (Å²) in [4.78, 5) is 15.4. The van der Waals surface area contributed by atoms with E-state index < -0.39 is 0 Å². The zero-order chi connectivity index (χ0) is 31.9. The molecule has 10 nitrogen and oxygen atoms in total. The summed E-state index contributed by atoms with van der Waals surface area (Å²) in [6.07, 6.45) is 4.75. The Morgan fingerprint density at radius 3 is 2.33 bits per heavy atom. The number of methoxy groups -OCH3 is 3. The van der Waals surface area contributed by atoms with E-state index >= 15 is 0 Å². The average Bonchev–Trinajstić information content (AvgIpc) is 3.66. The molecule has 1 amide bonds. The highest BCUT2D eigenvalue weighted by molar-refractivity contribution is 8.18. The van der Waals surface area contributed by atoms with Crippen molar-refractivity contribution in [2.75, 3.05) is 21.3 Å². The zero-order valence-corrected chi connectivity index (χ0v) is 26.7. The number of halogens is 2. The molecule has 2 heterocycles. The highest BCUT2D eigenvalue weighted by Crippen LogP contribution is 2.38. The Morgan fingerprint density at radius 1 is 0.933 bits per heavy atom. The summed E-state index contributed by atoms with van der Waals surface area (Å²) >= 11 is 13.4. The molecule has 0 spiro atoms. The summed E-state index contributed by atoms with van der Waals surface area (Å²) in [5.74, 6) is 1.62. The molecule has 0 radical (unpaired) electrons. The van der Waals surface area contributed by atoms with E-state index in [1.54, 1.807) is 60.7 Å². The van der Waals surface area contributed by atoms with Gasteiger partial charge in [-0.2, -0.15) is 5.10 Å². The van der Waals surface area contributed by atoms with Crippen LogP contribution in [-0.4, -0.2) is 48.6 Å². The van der Waals surface area contributed by atoms with Gasteiger partial charge in [0.15, 0.2) is 28.2 Å². The number of amides is 1. The molecule has 1 aliphatic rings. The smallest absolute Gasteiger partial charge is 0.267 e. The van der Waals surface area contributed by atoms with Crippen molar-refractivity contribution in [3.05, 3.63) is 104 Å². The first-order valence-electron chi connectivity index (χ1n) is 13.3. The van der Waals surface area contributed by atoms with Crippen molar-refractivity contribution < 1.29 is 33.3 Å². The topological polar surface area (TPSA) is 115 Å². The highest BCUT2D eigenvalue weighted by atomic mass is 35.5. The lowest BCUT2D eigenvalue weighted by Crippen LogP contribution is -2.28. The number of furan rings is 1. The van der Waals surface area contributed by atoms with Crippen LogP contribution in [0.15, 0.2) is 86.5 Å². The first-order valence-corrected chi connectivity index (χ1v) is 14.9. The van der Waals surface area contributed by atoms with Gasteiger partial charge in [-0.05, 0) is 71.9 Å². The molecule has 45 heavy (non-hydrogen) atoms. The number of rotatable bonds is 11. The minimum absolute atomic E-state index is 0.123. The molecule has 0 unspecified atom stereocenters. The SMILES string of the molecule is COc1cc(/C=C2\S/C(=N/N=C\c3cc(OC)c(O)c(OC)c3)N(Cc3ccco3)C2=O)ccc1OCc1ccc(Cl)cc1Cl. The van der Waals surface area contributed by atoms with Crippen LogP contribution in [0.2, 0.25) is 10.0 Å². The highest BCUT2D eigenvalue weighted by Gasteiger charge is 2.34. The van der Waals surface area contributed by atoms with Crippen LogP contribution in [0.25, 0.3) is 6.08 Å². The number of hydrogen-bond acceptors (Lipinski definition) is 10. The van der Waals surface area contributed by atoms with Crippen molar-refractivity contribution in [2.24, 2.45) is 10.2 Å². The van der Waals surface area contributed by atoms with Crippen LogP contribution in [0.5, 0.6) is 28.7 Å². The van der Waals surface area contributed by atoms with E-state index in [4.69, 9.17) is 46.6 Å². The molecule has 13 heteroatoms. The fraction of sp³-hybridized carbons (Fsp3) is 0.156. The van der Waals surface area contributed by atoms with Crippen molar-refractivity contribution in [3.63, 3.8) is 0 Å². The average molecular weight is 669 g/mol. The van der Waals surface area contributed by atoms with Crippen LogP contribution in [0.3, 0.4) is 0 Å². The Kier molecular flexibility index (Phi) is 10.2. The second kappa shape index (κ2) is 14.5. The predicted molar refractivity (Wildman–Crippen MR) is 175 cm³/mol. The largest absolute Gasteiger partial charge is 0.502 e. The van der Waals surface area contributed by atoms with Gasteiger partial charge in [-0.3, -0.25) is 9.69 Å². The molecule has 1 fully saturated rings. The molecule has 5 rings (SSSR count). The lowest BCUT2D eigenvalue weighted by molar-refractivity contribution is -0.122. The second-order valence-corrected chi connectivity index (χ2v) is 11.3. The van der Waals surface area contributed by atoms with Crippen molar-refractivity contribution in [1.82, 2.24) is 4.90 Å². The van der Waals surface area contributed by atoms with E-state index in [-0.39, 0.29) is 36.3 Å². The molecule has 0 aliphatic carbocycles. The standard InChI is InChI=1S/C32H27Cl2N3O7S/c1-40-26-11-19(6-9-25(26)44-18-21-7-8-22(33)15-24(21)34)14-29-31(39)37(17-23-5-4-10-43-23)32(45-29)36-35-16-20-12-27(41-2)30(38)28(13-20)42-3/h4-16,38H,17-18H2,1-3H3/b29-14-,35-16-,36-32+. The number of ether oxygens (including phenoxy) is 4. The Balaban J connectivity index is 1.39. The molecule has 1 aromatic heterocycles. The number of phenolic OH excluding ortho intramolecular Hbond substituents is 1. The summed E-state index contributed by atoms with van der Waals surface area (Å²) in [6, 6.07) is 17.3. The van der Waals surface area contributed by atoms with Gasteiger partial charge in [0.1, 0.15) is 12.4 Å². The molecule has 0 bridgehead atoms. The molecular formula is C32H27Cl2N3O7S. The number of thioether (sulfide) groups is 1. The van der Waals surface area contributed by atoms with E-state index in [1.165, 1.54) is 50.5 Å². The van der Waals surface area contributed by atoms with E-state index in [9.17, 15) is 9.90 Å². The summed E-state index contributed by atoms with van der Waals surface area (Å²) in [5, 5.41) is 20.1. The van der Waals surface area contributed by atoms with Gasteiger partial charge in [-0.1, -0.05) is 35.3 Å². The lowest BCUT2D eigenvalue weighted by Gasteiger charge is -2.13. The number of phenols is 1. The van der Waals surface area contributed by atoms with Gasteiger partial charge >= 0.3 is 0 Å². The number of benzene rings is 3. The third kappa shape index (κ3) is 7.56. The maximum Gasteiger partial charge on any atom is 0.267 e. The van der Waals surface area contributed by atoms with Crippen LogP contribution in [0.1, 0.15) is 22.5 Å². The van der Waals surface area contributed by atoms with Gasteiger partial charge in [0, 0.05) is 21.2 Å². The van der Waals surface area contributed by atoms with Crippen molar-refractivity contribution in [3.8, 4) is 28.7 Å². The van der Waals surface area contributed by atoms with E-state index in [0.717, 1.165) is 5.56 Å². The number of hydrogen-bond donors (Lipinski definition) is 1. The quantitative estimate of drug-likeness (QED) is 0.0999. The van der Waals surface area contributed by atoms with Crippen molar-refractivity contribution in [2.45, 2.75) is 13.2 Å². The number of nitrogens with zero attached hydrogens (tertiary/aromatic N) is 3. The van der Waals surface area contributed by atoms with Gasteiger partial charge < -0.3 is 28.5 Å². The number of aromatic hydroxyl groups is 1. The molecule has 0 saturated carbocycles. The fourth-order valence-corrected chi connectivity index (χ4v) is 5.65. The molecule has 232 valence electrons. The Hall–Kier alpha value is -4.58. The fourth-order valence-electron chi connectivity index (χ4n) is 4.25. The first kappa shape index (κ1) is 31.8.